The molecule has 1 saturated heterocycles. The maximum atomic E-state index is 4.67. The summed E-state index contributed by atoms with van der Waals surface area (Å²) in [6.45, 7) is 6.66. The van der Waals surface area contributed by atoms with Gasteiger partial charge in [0.2, 0.25) is 0 Å². The summed E-state index contributed by atoms with van der Waals surface area (Å²) in [6, 6.07) is 2.97. The van der Waals surface area contributed by atoms with Crippen LogP contribution < -0.4 is 5.32 Å². The minimum Gasteiger partial charge on any atom is -0.314 e. The van der Waals surface area contributed by atoms with Crippen molar-refractivity contribution in [3.8, 4) is 0 Å². The zero-order valence-corrected chi connectivity index (χ0v) is 11.2. The normalized spacial score (nSPS) is 20.7. The van der Waals surface area contributed by atoms with E-state index in [1.54, 1.807) is 0 Å². The van der Waals surface area contributed by atoms with Gasteiger partial charge >= 0.3 is 0 Å². The zero-order chi connectivity index (χ0) is 12.1. The van der Waals surface area contributed by atoms with Gasteiger partial charge in [-0.2, -0.15) is 5.10 Å². The maximum absolute atomic E-state index is 4.67. The molecule has 3 heteroatoms. The van der Waals surface area contributed by atoms with Crippen molar-refractivity contribution in [2.75, 3.05) is 6.54 Å². The van der Waals surface area contributed by atoms with Crippen LogP contribution in [0.15, 0.2) is 6.07 Å². The number of aryl methyl sites for hydroxylation is 3. The number of nitrogens with one attached hydrogen (secondary N) is 1. The molecule has 0 aromatic carbocycles. The highest BCUT2D eigenvalue weighted by atomic mass is 15.3. The topological polar surface area (TPSA) is 29.9 Å². The van der Waals surface area contributed by atoms with Crippen LogP contribution in [0.4, 0.5) is 0 Å². The van der Waals surface area contributed by atoms with E-state index in [-0.39, 0.29) is 0 Å². The van der Waals surface area contributed by atoms with Crippen molar-refractivity contribution in [3.05, 3.63) is 17.5 Å². The molecule has 0 radical (unpaired) electrons. The fourth-order valence-corrected chi connectivity index (χ4v) is 2.61. The lowest BCUT2D eigenvalue weighted by Gasteiger charge is -2.23. The Hall–Kier alpha value is -0.830. The average Bonchev–Trinajstić information content (AvgIpc) is 2.80. The standard InChI is InChI=1S/C14H25N3/c1-3-12-11-14(4-2)17(16-12)10-8-13-7-5-6-9-15-13/h11,13,15H,3-10H2,1-2H3. The van der Waals surface area contributed by atoms with Gasteiger partial charge in [0.1, 0.15) is 0 Å². The predicted molar refractivity (Wildman–Crippen MR) is 71.2 cm³/mol. The van der Waals surface area contributed by atoms with Crippen molar-refractivity contribution >= 4 is 0 Å². The lowest BCUT2D eigenvalue weighted by atomic mass is 10.0. The average molecular weight is 235 g/mol. The first-order valence-electron chi connectivity index (χ1n) is 7.12. The van der Waals surface area contributed by atoms with Crippen molar-refractivity contribution in [1.29, 1.82) is 0 Å². The fourth-order valence-electron chi connectivity index (χ4n) is 2.61. The summed E-state index contributed by atoms with van der Waals surface area (Å²) in [5.41, 5.74) is 2.62. The third kappa shape index (κ3) is 3.32. The second-order valence-corrected chi connectivity index (χ2v) is 4.99. The molecule has 1 aromatic rings. The van der Waals surface area contributed by atoms with E-state index in [0.717, 1.165) is 19.4 Å². The van der Waals surface area contributed by atoms with Gasteiger partial charge in [-0.25, -0.2) is 0 Å². The molecule has 3 nitrogen and oxygen atoms in total. The van der Waals surface area contributed by atoms with Crippen LogP contribution in [-0.2, 0) is 19.4 Å². The highest BCUT2D eigenvalue weighted by Crippen LogP contribution is 2.13. The van der Waals surface area contributed by atoms with Crippen LogP contribution in [0.5, 0.6) is 0 Å². The van der Waals surface area contributed by atoms with Gasteiger partial charge in [-0.15, -0.1) is 0 Å². The van der Waals surface area contributed by atoms with E-state index in [0.29, 0.717) is 6.04 Å². The summed E-state index contributed by atoms with van der Waals surface area (Å²) in [5.74, 6) is 0. The summed E-state index contributed by atoms with van der Waals surface area (Å²) in [5, 5.41) is 8.28. The summed E-state index contributed by atoms with van der Waals surface area (Å²) >= 11 is 0. The van der Waals surface area contributed by atoms with Crippen molar-refractivity contribution in [2.45, 2.75) is 65.0 Å². The van der Waals surface area contributed by atoms with E-state index < -0.39 is 0 Å². The number of aromatic nitrogens is 2. The molecular formula is C14H25N3. The first-order chi connectivity index (χ1) is 8.33. The number of rotatable bonds is 5. The molecule has 1 fully saturated rings. The summed E-state index contributed by atoms with van der Waals surface area (Å²) in [7, 11) is 0. The molecule has 1 unspecified atom stereocenters. The Labute approximate surface area is 105 Å². The Balaban J connectivity index is 1.90. The van der Waals surface area contributed by atoms with Gasteiger partial charge in [-0.1, -0.05) is 20.3 Å². The number of hydrogen-bond donors (Lipinski definition) is 1. The number of nitrogens with zero attached hydrogens (tertiary/aromatic N) is 2. The van der Waals surface area contributed by atoms with E-state index in [2.05, 4.69) is 35.0 Å². The SMILES string of the molecule is CCc1cc(CC)n(CCC2CCCCN2)n1. The van der Waals surface area contributed by atoms with Crippen molar-refractivity contribution in [1.82, 2.24) is 15.1 Å². The van der Waals surface area contributed by atoms with E-state index >= 15 is 0 Å². The van der Waals surface area contributed by atoms with Crippen LogP contribution >= 0.6 is 0 Å². The lowest BCUT2D eigenvalue weighted by molar-refractivity contribution is 0.358. The number of hydrogen-bond acceptors (Lipinski definition) is 2. The second kappa shape index (κ2) is 6.20. The van der Waals surface area contributed by atoms with E-state index in [4.69, 9.17) is 0 Å². The molecular weight excluding hydrogens is 210 g/mol. The van der Waals surface area contributed by atoms with Crippen molar-refractivity contribution in [3.63, 3.8) is 0 Å². The van der Waals surface area contributed by atoms with Gasteiger partial charge in [0.15, 0.2) is 0 Å². The Morgan fingerprint density at radius 3 is 2.88 bits per heavy atom. The van der Waals surface area contributed by atoms with Gasteiger partial charge in [-0.05, 0) is 44.7 Å². The summed E-state index contributed by atoms with van der Waals surface area (Å²) < 4.78 is 2.22. The fraction of sp³-hybridized carbons (Fsp3) is 0.786. The van der Waals surface area contributed by atoms with Gasteiger partial charge < -0.3 is 5.32 Å². The minimum atomic E-state index is 0.711. The molecule has 0 spiro atoms. The molecule has 1 aliphatic heterocycles. The predicted octanol–water partition coefficient (Wildman–Crippen LogP) is 2.54. The molecule has 96 valence electrons. The third-order valence-electron chi connectivity index (χ3n) is 3.74. The molecule has 1 atom stereocenters. The Morgan fingerprint density at radius 2 is 2.24 bits per heavy atom. The first-order valence-corrected chi connectivity index (χ1v) is 7.12. The van der Waals surface area contributed by atoms with E-state index in [1.165, 1.54) is 43.6 Å². The maximum Gasteiger partial charge on any atom is 0.0624 e. The molecule has 1 aliphatic rings. The molecule has 0 aliphatic carbocycles. The van der Waals surface area contributed by atoms with E-state index in [1.807, 2.05) is 0 Å². The Bertz CT molecular complexity index is 337. The molecule has 0 saturated carbocycles. The van der Waals surface area contributed by atoms with Crippen LogP contribution in [0.3, 0.4) is 0 Å². The molecule has 1 aromatic heterocycles. The van der Waals surface area contributed by atoms with Crippen LogP contribution in [0.2, 0.25) is 0 Å². The van der Waals surface area contributed by atoms with Crippen molar-refractivity contribution in [2.24, 2.45) is 0 Å². The van der Waals surface area contributed by atoms with Crippen molar-refractivity contribution < 1.29 is 0 Å². The number of piperidine rings is 1. The van der Waals surface area contributed by atoms with Gasteiger partial charge in [0.05, 0.1) is 5.69 Å². The van der Waals surface area contributed by atoms with Gasteiger partial charge in [0.25, 0.3) is 0 Å². The highest BCUT2D eigenvalue weighted by molar-refractivity contribution is 5.10. The third-order valence-corrected chi connectivity index (χ3v) is 3.74. The molecule has 2 heterocycles. The molecule has 0 bridgehead atoms. The van der Waals surface area contributed by atoms with E-state index in [9.17, 15) is 0 Å². The summed E-state index contributed by atoms with van der Waals surface area (Å²) in [4.78, 5) is 0. The van der Waals surface area contributed by atoms with Crippen LogP contribution in [-0.4, -0.2) is 22.4 Å². The Morgan fingerprint density at radius 1 is 1.35 bits per heavy atom. The van der Waals surface area contributed by atoms with Crippen LogP contribution in [0.25, 0.3) is 0 Å². The molecule has 17 heavy (non-hydrogen) atoms. The highest BCUT2D eigenvalue weighted by Gasteiger charge is 2.13. The van der Waals surface area contributed by atoms with Gasteiger partial charge in [-0.3, -0.25) is 4.68 Å². The quantitative estimate of drug-likeness (QED) is 0.850. The van der Waals surface area contributed by atoms with Gasteiger partial charge in [0, 0.05) is 18.3 Å². The molecule has 0 amide bonds. The molecule has 2 rings (SSSR count). The summed E-state index contributed by atoms with van der Waals surface area (Å²) in [6.07, 6.45) is 7.42. The lowest BCUT2D eigenvalue weighted by Crippen LogP contribution is -2.34. The Kier molecular flexibility index (Phi) is 4.60. The minimum absolute atomic E-state index is 0.711. The first kappa shape index (κ1) is 12.6. The van der Waals surface area contributed by atoms with Crippen LogP contribution in [0.1, 0.15) is 50.9 Å². The second-order valence-electron chi connectivity index (χ2n) is 4.99. The molecule has 1 N–H and O–H groups in total. The zero-order valence-electron chi connectivity index (χ0n) is 11.2. The monoisotopic (exact) mass is 235 g/mol. The smallest absolute Gasteiger partial charge is 0.0624 e. The van der Waals surface area contributed by atoms with Crippen LogP contribution in [0, 0.1) is 0 Å². The largest absolute Gasteiger partial charge is 0.314 e.